The maximum atomic E-state index is 13.5. The van der Waals surface area contributed by atoms with Gasteiger partial charge in [0.2, 0.25) is 17.7 Å². The number of nitrogens with one attached hydrogen (secondary N) is 2. The Bertz CT molecular complexity index is 1150. The van der Waals surface area contributed by atoms with Crippen molar-refractivity contribution < 1.29 is 29.0 Å². The molecule has 0 saturated carbocycles. The number of hydrogen-bond acceptors (Lipinski definition) is 7. The number of carbonyl (C=O) groups is 3. The Morgan fingerprint density at radius 1 is 1.26 bits per heavy atom. The first-order chi connectivity index (χ1) is 17.9. The number of aryl methyl sites for hydroxylation is 1. The molecule has 11 heteroatoms. The van der Waals surface area contributed by atoms with E-state index in [9.17, 15) is 29.0 Å². The number of alkyl halides is 1. The molecule has 0 unspecified atom stereocenters. The molecule has 0 radical (unpaired) electrons. The van der Waals surface area contributed by atoms with E-state index in [0.29, 0.717) is 12.0 Å². The Balaban J connectivity index is 1.68. The zero-order chi connectivity index (χ0) is 28.0. The smallest absolute Gasteiger partial charge is 0.246 e. The van der Waals surface area contributed by atoms with Crippen LogP contribution in [0.25, 0.3) is 10.4 Å². The van der Waals surface area contributed by atoms with Crippen molar-refractivity contribution in [3.8, 4) is 16.2 Å². The largest absolute Gasteiger partial charge is 0.508 e. The average molecular weight is 549 g/mol. The summed E-state index contributed by atoms with van der Waals surface area (Å²) in [5.74, 6) is -1.25. The molecule has 1 aliphatic rings. The zero-order valence-corrected chi connectivity index (χ0v) is 23.1. The van der Waals surface area contributed by atoms with Gasteiger partial charge in [-0.3, -0.25) is 18.8 Å². The van der Waals surface area contributed by atoms with Gasteiger partial charge in [0.05, 0.1) is 28.9 Å². The second kappa shape index (κ2) is 12.7. The highest BCUT2D eigenvalue weighted by Crippen LogP contribution is 2.31. The highest BCUT2D eigenvalue weighted by atomic mass is 32.1. The monoisotopic (exact) mass is 548 g/mol. The van der Waals surface area contributed by atoms with Crippen LogP contribution < -0.4 is 10.6 Å². The number of amides is 3. The van der Waals surface area contributed by atoms with Gasteiger partial charge in [0.15, 0.2) is 0 Å². The van der Waals surface area contributed by atoms with Crippen LogP contribution in [-0.4, -0.2) is 69.2 Å². The molecule has 1 fully saturated rings. The second-order valence-electron chi connectivity index (χ2n) is 10.7. The minimum Gasteiger partial charge on any atom is -0.508 e. The van der Waals surface area contributed by atoms with E-state index in [0.717, 1.165) is 16.1 Å². The quantitative estimate of drug-likeness (QED) is 0.338. The molecule has 4 N–H and O–H groups in total. The normalized spacial score (nSPS) is 18.3. The number of β-amino-alcohol motifs (C(OH)–C–C–N with tert-alkyl or cyclic N) is 1. The minimum atomic E-state index is -0.924. The Labute approximate surface area is 226 Å². The Hall–Kier alpha value is -3.05. The van der Waals surface area contributed by atoms with Gasteiger partial charge in [0, 0.05) is 31.5 Å². The number of phenolic OH excluding ortho intramolecular Hbond substituents is 1. The van der Waals surface area contributed by atoms with E-state index in [1.807, 2.05) is 13.0 Å². The van der Waals surface area contributed by atoms with Crippen molar-refractivity contribution >= 4 is 29.1 Å². The number of halogens is 1. The Morgan fingerprint density at radius 3 is 2.61 bits per heavy atom. The van der Waals surface area contributed by atoms with Gasteiger partial charge in [-0.1, -0.05) is 32.9 Å². The fraction of sp³-hybridized carbons (Fsp3) is 0.556. The molecule has 0 bridgehead atoms. The summed E-state index contributed by atoms with van der Waals surface area (Å²) in [5.41, 5.74) is 3.28. The van der Waals surface area contributed by atoms with Crippen LogP contribution in [0.5, 0.6) is 5.75 Å². The summed E-state index contributed by atoms with van der Waals surface area (Å²) in [7, 11) is 0. The number of carbonyl (C=O) groups excluding carboxylic acids is 3. The van der Waals surface area contributed by atoms with Gasteiger partial charge in [-0.2, -0.15) is 0 Å². The van der Waals surface area contributed by atoms with Gasteiger partial charge in [0.1, 0.15) is 17.8 Å². The minimum absolute atomic E-state index is 0.0262. The molecular weight excluding hydrogens is 511 g/mol. The van der Waals surface area contributed by atoms with Gasteiger partial charge in [0.25, 0.3) is 0 Å². The van der Waals surface area contributed by atoms with Gasteiger partial charge in [-0.05, 0) is 36.8 Å². The number of rotatable bonds is 10. The molecule has 9 nitrogen and oxygen atoms in total. The van der Waals surface area contributed by atoms with E-state index >= 15 is 0 Å². The van der Waals surface area contributed by atoms with Crippen molar-refractivity contribution in [2.24, 2.45) is 5.41 Å². The van der Waals surface area contributed by atoms with Crippen molar-refractivity contribution in [2.45, 2.75) is 78.1 Å². The molecule has 1 aromatic heterocycles. The first-order valence-corrected chi connectivity index (χ1v) is 13.6. The lowest BCUT2D eigenvalue weighted by atomic mass is 9.85. The van der Waals surface area contributed by atoms with E-state index in [-0.39, 0.29) is 44.0 Å². The second-order valence-corrected chi connectivity index (χ2v) is 11.6. The van der Waals surface area contributed by atoms with E-state index in [2.05, 4.69) is 15.6 Å². The van der Waals surface area contributed by atoms with Crippen LogP contribution in [0.15, 0.2) is 23.7 Å². The molecule has 3 rings (SSSR count). The van der Waals surface area contributed by atoms with Crippen LogP contribution in [0.3, 0.4) is 0 Å². The lowest BCUT2D eigenvalue weighted by Gasteiger charge is -2.35. The number of aromatic hydroxyl groups is 1. The molecule has 3 amide bonds. The summed E-state index contributed by atoms with van der Waals surface area (Å²) in [6, 6.07) is 3.35. The highest BCUT2D eigenvalue weighted by molar-refractivity contribution is 7.13. The van der Waals surface area contributed by atoms with Crippen LogP contribution >= 0.6 is 11.3 Å². The molecule has 0 spiro atoms. The number of benzene rings is 1. The van der Waals surface area contributed by atoms with Crippen molar-refractivity contribution in [1.29, 1.82) is 0 Å². The van der Waals surface area contributed by atoms with Gasteiger partial charge in [-0.15, -0.1) is 11.3 Å². The third-order valence-electron chi connectivity index (χ3n) is 6.62. The van der Waals surface area contributed by atoms with Crippen molar-refractivity contribution in [3.63, 3.8) is 0 Å². The zero-order valence-electron chi connectivity index (χ0n) is 22.3. The maximum Gasteiger partial charge on any atom is 0.246 e. The topological polar surface area (TPSA) is 132 Å². The van der Waals surface area contributed by atoms with E-state index in [4.69, 9.17) is 0 Å². The summed E-state index contributed by atoms with van der Waals surface area (Å²) in [4.78, 5) is 45.6. The van der Waals surface area contributed by atoms with Gasteiger partial charge < -0.3 is 25.7 Å². The first kappa shape index (κ1) is 29.5. The molecule has 3 atom stereocenters. The van der Waals surface area contributed by atoms with E-state index in [1.165, 1.54) is 16.2 Å². The molecule has 0 aliphatic carbocycles. The van der Waals surface area contributed by atoms with Crippen LogP contribution in [0.4, 0.5) is 4.39 Å². The first-order valence-electron chi connectivity index (χ1n) is 12.8. The van der Waals surface area contributed by atoms with E-state index < -0.39 is 42.1 Å². The van der Waals surface area contributed by atoms with Gasteiger partial charge in [-0.25, -0.2) is 4.98 Å². The van der Waals surface area contributed by atoms with Crippen LogP contribution in [-0.2, 0) is 20.9 Å². The number of aliphatic hydroxyl groups excluding tert-OH is 1. The maximum absolute atomic E-state index is 13.5. The number of likely N-dealkylation sites (tertiary alicyclic amines) is 1. The van der Waals surface area contributed by atoms with Gasteiger partial charge >= 0.3 is 0 Å². The van der Waals surface area contributed by atoms with Crippen molar-refractivity contribution in [1.82, 2.24) is 20.5 Å². The molecule has 1 aromatic carbocycles. The predicted molar refractivity (Wildman–Crippen MR) is 143 cm³/mol. The highest BCUT2D eigenvalue weighted by Gasteiger charge is 2.44. The molecule has 1 aliphatic heterocycles. The molecule has 2 heterocycles. The Kier molecular flexibility index (Phi) is 9.83. The fourth-order valence-corrected chi connectivity index (χ4v) is 5.27. The lowest BCUT2D eigenvalue weighted by Crippen LogP contribution is -2.57. The predicted octanol–water partition coefficient (Wildman–Crippen LogP) is 3.07. The number of aliphatic hydroxyl groups is 1. The lowest BCUT2D eigenvalue weighted by molar-refractivity contribution is -0.144. The SMILES string of the molecule is Cc1ncsc1-c1ccc(CNC(=O)[C@@H]2C[C@@H](O)CN2C(=O)[C@@H](NC(=O)CCCCF)C(C)(C)C)c(O)c1. The van der Waals surface area contributed by atoms with Crippen molar-refractivity contribution in [3.05, 3.63) is 35.0 Å². The van der Waals surface area contributed by atoms with Crippen LogP contribution in [0.1, 0.15) is 57.7 Å². The standard InChI is InChI=1S/C27H37FN4O5S/c1-16-23(38-15-30-16)17-8-9-18(21(34)11-17)13-29-25(36)20-12-19(33)14-32(20)26(37)24(27(2,3)4)31-22(35)7-5-6-10-28/h8-9,11,15,19-20,24,33-34H,5-7,10,12-14H2,1-4H3,(H,29,36)(H,31,35)/t19-,20+,24-/m1/s1. The summed E-state index contributed by atoms with van der Waals surface area (Å²) >= 11 is 1.47. The molecule has 2 aromatic rings. The fourth-order valence-electron chi connectivity index (χ4n) is 4.47. The van der Waals surface area contributed by atoms with E-state index in [1.54, 1.807) is 38.4 Å². The number of unbranched alkanes of at least 4 members (excludes halogenated alkanes) is 1. The summed E-state index contributed by atoms with van der Waals surface area (Å²) in [6.07, 6.45) is -0.0785. The third kappa shape index (κ3) is 7.28. The van der Waals surface area contributed by atoms with Crippen LogP contribution in [0.2, 0.25) is 0 Å². The number of nitrogens with zero attached hydrogens (tertiary/aromatic N) is 2. The molecular formula is C27H37FN4O5S. The molecule has 1 saturated heterocycles. The summed E-state index contributed by atoms with van der Waals surface area (Å²) in [6.45, 7) is 6.80. The number of aromatic nitrogens is 1. The summed E-state index contributed by atoms with van der Waals surface area (Å²) in [5, 5.41) is 26.4. The van der Waals surface area contributed by atoms with Crippen molar-refractivity contribution in [2.75, 3.05) is 13.2 Å². The average Bonchev–Trinajstić information content (AvgIpc) is 3.46. The molecule has 38 heavy (non-hydrogen) atoms. The summed E-state index contributed by atoms with van der Waals surface area (Å²) < 4.78 is 12.4. The number of phenols is 1. The number of thiazole rings is 1. The van der Waals surface area contributed by atoms with Crippen LogP contribution in [0, 0.1) is 12.3 Å². The number of hydrogen-bond donors (Lipinski definition) is 4. The third-order valence-corrected chi connectivity index (χ3v) is 7.59. The Morgan fingerprint density at radius 2 is 2.00 bits per heavy atom. The molecule has 208 valence electrons.